The summed E-state index contributed by atoms with van der Waals surface area (Å²) >= 11 is 0. The second kappa shape index (κ2) is 9.07. The Kier molecular flexibility index (Phi) is 5.67. The number of amides is 1. The van der Waals surface area contributed by atoms with Crippen LogP contribution in [0.3, 0.4) is 0 Å². The molecule has 5 rings (SSSR count). The third kappa shape index (κ3) is 4.13. The first-order valence-corrected chi connectivity index (χ1v) is 10.8. The minimum atomic E-state index is -0.472. The van der Waals surface area contributed by atoms with E-state index in [0.29, 0.717) is 19.0 Å². The van der Waals surface area contributed by atoms with Gasteiger partial charge in [-0.05, 0) is 40.5 Å². The minimum Gasteiger partial charge on any atom is -0.490 e. The molecule has 1 N–H and O–H groups in total. The van der Waals surface area contributed by atoms with Crippen LogP contribution in [0.25, 0.3) is 11.1 Å². The fraction of sp³-hybridized carbons (Fsp3) is 0.222. The van der Waals surface area contributed by atoms with Gasteiger partial charge < -0.3 is 19.5 Å². The van der Waals surface area contributed by atoms with Crippen molar-refractivity contribution in [2.45, 2.75) is 12.3 Å². The average molecular weight is 425 g/mol. The Morgan fingerprint density at radius 2 is 1.62 bits per heavy atom. The molecular weight excluding hydrogens is 402 g/mol. The molecule has 0 saturated heterocycles. The zero-order valence-corrected chi connectivity index (χ0v) is 17.6. The first kappa shape index (κ1) is 20.0. The maximum absolute atomic E-state index is 12.2. The van der Waals surface area contributed by atoms with Gasteiger partial charge in [-0.25, -0.2) is 4.79 Å². The molecule has 2 aliphatic rings. The monoisotopic (exact) mass is 425 g/mol. The lowest BCUT2D eigenvalue weighted by Gasteiger charge is -2.14. The van der Waals surface area contributed by atoms with E-state index in [1.54, 1.807) is 0 Å². The summed E-state index contributed by atoms with van der Waals surface area (Å²) in [7, 11) is 0. The lowest BCUT2D eigenvalue weighted by Crippen LogP contribution is -2.26. The predicted octanol–water partition coefficient (Wildman–Crippen LogP) is 4.74. The lowest BCUT2D eigenvalue weighted by molar-refractivity contribution is 0.144. The number of nitrogens with one attached hydrogen (secondary N) is 1. The van der Waals surface area contributed by atoms with Gasteiger partial charge in [0, 0.05) is 17.9 Å². The van der Waals surface area contributed by atoms with Crippen LogP contribution in [0.4, 0.5) is 4.79 Å². The van der Waals surface area contributed by atoms with E-state index in [0.717, 1.165) is 17.7 Å². The van der Waals surface area contributed by atoms with Gasteiger partial charge >= 0.3 is 6.09 Å². The lowest BCUT2D eigenvalue weighted by atomic mass is 9.98. The van der Waals surface area contributed by atoms with Crippen molar-refractivity contribution in [3.05, 3.63) is 83.4 Å². The molecule has 0 atom stereocenters. The highest BCUT2D eigenvalue weighted by Crippen LogP contribution is 2.44. The van der Waals surface area contributed by atoms with Crippen molar-refractivity contribution in [2.24, 2.45) is 0 Å². The van der Waals surface area contributed by atoms with E-state index in [2.05, 4.69) is 41.4 Å². The van der Waals surface area contributed by atoms with Gasteiger partial charge in [0.25, 0.3) is 0 Å². The molecule has 32 heavy (non-hydrogen) atoms. The molecule has 160 valence electrons. The van der Waals surface area contributed by atoms with Crippen molar-refractivity contribution in [2.75, 3.05) is 26.4 Å². The molecule has 0 saturated carbocycles. The quantitative estimate of drug-likeness (QED) is 0.616. The summed E-state index contributed by atoms with van der Waals surface area (Å²) in [6, 6.07) is 22.1. The van der Waals surface area contributed by atoms with Gasteiger partial charge in [-0.3, -0.25) is 0 Å². The molecule has 1 heterocycles. The van der Waals surface area contributed by atoms with Gasteiger partial charge in [0.1, 0.15) is 6.61 Å². The second-order valence-electron chi connectivity index (χ2n) is 7.69. The molecule has 0 bridgehead atoms. The number of fused-ring (bicyclic) bond motifs is 4. The fourth-order valence-corrected chi connectivity index (χ4v) is 4.15. The van der Waals surface area contributed by atoms with E-state index < -0.39 is 6.09 Å². The Hall–Kier alpha value is -3.91. The second-order valence-corrected chi connectivity index (χ2v) is 7.69. The summed E-state index contributed by atoms with van der Waals surface area (Å²) in [5.74, 6) is 7.48. The number of hydrogen-bond acceptors (Lipinski definition) is 4. The average Bonchev–Trinajstić information content (AvgIpc) is 2.96. The molecule has 3 aromatic carbocycles. The molecule has 0 fully saturated rings. The van der Waals surface area contributed by atoms with Crippen LogP contribution in [0.15, 0.2) is 66.7 Å². The highest BCUT2D eigenvalue weighted by Gasteiger charge is 2.28. The Balaban J connectivity index is 1.17. The standard InChI is InChI=1S/C27H23NO4/c29-27(28-14-5-7-19-12-13-25-26(17-19)31-16-6-15-30-25)32-18-24-22-10-3-1-8-20(22)21-9-2-4-11-23(21)24/h1-4,8-13,17,24H,6,14-16,18H2,(H,28,29). The summed E-state index contributed by atoms with van der Waals surface area (Å²) in [6.07, 6.45) is 0.388. The van der Waals surface area contributed by atoms with Crippen molar-refractivity contribution >= 4 is 6.09 Å². The van der Waals surface area contributed by atoms with E-state index in [4.69, 9.17) is 14.2 Å². The maximum atomic E-state index is 12.2. The van der Waals surface area contributed by atoms with E-state index in [1.165, 1.54) is 22.3 Å². The van der Waals surface area contributed by atoms with Crippen molar-refractivity contribution < 1.29 is 19.0 Å². The molecule has 0 aromatic heterocycles. The van der Waals surface area contributed by atoms with Crippen LogP contribution in [0, 0.1) is 11.8 Å². The van der Waals surface area contributed by atoms with Gasteiger partial charge in [-0.2, -0.15) is 0 Å². The molecule has 0 spiro atoms. The van der Waals surface area contributed by atoms with E-state index in [1.807, 2.05) is 42.5 Å². The normalized spacial score (nSPS) is 13.8. The number of alkyl carbamates (subject to hydrolysis) is 1. The first-order valence-electron chi connectivity index (χ1n) is 10.8. The third-order valence-corrected chi connectivity index (χ3v) is 5.65. The molecule has 0 unspecified atom stereocenters. The zero-order chi connectivity index (χ0) is 21.8. The Labute approximate surface area is 187 Å². The van der Waals surface area contributed by atoms with Crippen molar-refractivity contribution in [1.82, 2.24) is 5.32 Å². The minimum absolute atomic E-state index is 0.0426. The van der Waals surface area contributed by atoms with Crippen LogP contribution in [-0.2, 0) is 4.74 Å². The van der Waals surface area contributed by atoms with Crippen LogP contribution >= 0.6 is 0 Å². The predicted molar refractivity (Wildman–Crippen MR) is 122 cm³/mol. The van der Waals surface area contributed by atoms with E-state index >= 15 is 0 Å². The number of carbonyl (C=O) groups is 1. The summed E-state index contributed by atoms with van der Waals surface area (Å²) in [6.45, 7) is 1.77. The summed E-state index contributed by atoms with van der Waals surface area (Å²) in [5, 5.41) is 2.71. The van der Waals surface area contributed by atoms with E-state index in [9.17, 15) is 4.79 Å². The maximum Gasteiger partial charge on any atom is 0.407 e. The largest absolute Gasteiger partial charge is 0.490 e. The van der Waals surface area contributed by atoms with Gasteiger partial charge in [-0.15, -0.1) is 0 Å². The number of ether oxygens (including phenoxy) is 3. The highest BCUT2D eigenvalue weighted by atomic mass is 16.5. The van der Waals surface area contributed by atoms with Gasteiger partial charge in [0.2, 0.25) is 0 Å². The Morgan fingerprint density at radius 1 is 0.938 bits per heavy atom. The number of hydrogen-bond donors (Lipinski definition) is 1. The Morgan fingerprint density at radius 3 is 2.38 bits per heavy atom. The van der Waals surface area contributed by atoms with Crippen molar-refractivity contribution in [3.8, 4) is 34.5 Å². The van der Waals surface area contributed by atoms with E-state index in [-0.39, 0.29) is 19.1 Å². The SMILES string of the molecule is O=C(NCC#Cc1ccc2c(c1)OCCCO2)OCC1c2ccccc2-c2ccccc21. The number of benzene rings is 3. The molecule has 1 amide bonds. The third-order valence-electron chi connectivity index (χ3n) is 5.65. The van der Waals surface area contributed by atoms with Gasteiger partial charge in [0.15, 0.2) is 11.5 Å². The number of rotatable bonds is 3. The highest BCUT2D eigenvalue weighted by molar-refractivity contribution is 5.79. The topological polar surface area (TPSA) is 56.8 Å². The van der Waals surface area contributed by atoms with Gasteiger partial charge in [0.05, 0.1) is 19.8 Å². The molecule has 1 aliphatic heterocycles. The first-order chi connectivity index (χ1) is 15.8. The molecule has 3 aromatic rings. The molecule has 0 radical (unpaired) electrons. The fourth-order valence-electron chi connectivity index (χ4n) is 4.15. The molecule has 5 nitrogen and oxygen atoms in total. The van der Waals surface area contributed by atoms with Crippen molar-refractivity contribution in [3.63, 3.8) is 0 Å². The molecule has 5 heteroatoms. The van der Waals surface area contributed by atoms with Crippen LogP contribution in [0.1, 0.15) is 29.0 Å². The summed E-state index contributed by atoms with van der Waals surface area (Å²) in [5.41, 5.74) is 5.60. The zero-order valence-electron chi connectivity index (χ0n) is 17.6. The smallest absolute Gasteiger partial charge is 0.407 e. The van der Waals surface area contributed by atoms with Crippen LogP contribution in [0.2, 0.25) is 0 Å². The Bertz CT molecular complexity index is 1160. The molecular formula is C27H23NO4. The summed E-state index contributed by atoms with van der Waals surface area (Å²) < 4.78 is 16.8. The van der Waals surface area contributed by atoms with Crippen molar-refractivity contribution in [1.29, 1.82) is 0 Å². The van der Waals surface area contributed by atoms with Crippen LogP contribution < -0.4 is 14.8 Å². The summed E-state index contributed by atoms with van der Waals surface area (Å²) in [4.78, 5) is 12.2. The van der Waals surface area contributed by atoms with Gasteiger partial charge in [-0.1, -0.05) is 60.4 Å². The van der Waals surface area contributed by atoms with Crippen LogP contribution in [0.5, 0.6) is 11.5 Å². The van der Waals surface area contributed by atoms with Crippen LogP contribution in [-0.4, -0.2) is 32.5 Å². The number of carbonyl (C=O) groups excluding carboxylic acids is 1. The molecule has 1 aliphatic carbocycles.